The smallest absolute Gasteiger partial charge is 0.315 e. The summed E-state index contributed by atoms with van der Waals surface area (Å²) in [7, 11) is 1.82. The van der Waals surface area contributed by atoms with Crippen LogP contribution in [0.25, 0.3) is 11.1 Å². The normalized spacial score (nSPS) is 14.4. The molecule has 0 radical (unpaired) electrons. The van der Waals surface area contributed by atoms with E-state index in [-0.39, 0.29) is 11.1 Å². The number of hydrogen-bond donors (Lipinski definition) is 2. The van der Waals surface area contributed by atoms with E-state index in [0.29, 0.717) is 16.8 Å². The zero-order valence-electron chi connectivity index (χ0n) is 21.7. The second-order valence-electron chi connectivity index (χ2n) is 9.84. The molecule has 2 N–H and O–H groups in total. The number of fused-ring (bicyclic) bond motifs is 4. The van der Waals surface area contributed by atoms with E-state index in [4.69, 9.17) is 0 Å². The van der Waals surface area contributed by atoms with E-state index in [9.17, 15) is 18.7 Å². The van der Waals surface area contributed by atoms with Gasteiger partial charge in [-0.3, -0.25) is 4.79 Å². The van der Waals surface area contributed by atoms with Gasteiger partial charge < -0.3 is 15.3 Å². The zero-order chi connectivity index (χ0) is 27.8. The van der Waals surface area contributed by atoms with Gasteiger partial charge in [-0.1, -0.05) is 72.8 Å². The van der Waals surface area contributed by atoms with Crippen LogP contribution in [0.4, 0.5) is 31.5 Å². The molecule has 4 nitrogen and oxygen atoms in total. The molecule has 0 spiro atoms. The topological polar surface area (TPSA) is 52.6 Å². The van der Waals surface area contributed by atoms with Gasteiger partial charge >= 0.3 is 5.97 Å². The van der Waals surface area contributed by atoms with Gasteiger partial charge in [0.1, 0.15) is 17.6 Å². The molecule has 7 rings (SSSR count). The van der Waals surface area contributed by atoms with Crippen molar-refractivity contribution in [3.8, 4) is 11.1 Å². The van der Waals surface area contributed by atoms with Crippen molar-refractivity contribution in [2.45, 2.75) is 12.3 Å². The van der Waals surface area contributed by atoms with Crippen LogP contribution in [-0.4, -0.2) is 18.1 Å². The Labute approximate surface area is 231 Å². The molecule has 5 aromatic carbocycles. The van der Waals surface area contributed by atoms with Gasteiger partial charge in [0.2, 0.25) is 0 Å². The maximum atomic E-state index is 14.4. The molecule has 2 heterocycles. The molecular formula is C34H26F2N2O2. The molecule has 40 heavy (non-hydrogen) atoms. The molecule has 5 aromatic rings. The Morgan fingerprint density at radius 2 is 1.30 bits per heavy atom. The number of carboxylic acid groups (broad SMARTS) is 1. The summed E-state index contributed by atoms with van der Waals surface area (Å²) < 4.78 is 28.9. The second kappa shape index (κ2) is 10.3. The van der Waals surface area contributed by atoms with Crippen LogP contribution >= 0.6 is 0 Å². The minimum absolute atomic E-state index is 0.205. The van der Waals surface area contributed by atoms with E-state index in [0.717, 1.165) is 12.1 Å². The van der Waals surface area contributed by atoms with Crippen LogP contribution in [0.5, 0.6) is 0 Å². The first-order valence-corrected chi connectivity index (χ1v) is 13.0. The molecule has 0 aromatic heterocycles. The van der Waals surface area contributed by atoms with Gasteiger partial charge in [-0.15, -0.1) is 0 Å². The molecule has 2 aliphatic rings. The van der Waals surface area contributed by atoms with Crippen molar-refractivity contribution in [1.82, 2.24) is 0 Å². The molecule has 0 aliphatic carbocycles. The average molecular weight is 533 g/mol. The van der Waals surface area contributed by atoms with Crippen molar-refractivity contribution in [2.24, 2.45) is 0 Å². The summed E-state index contributed by atoms with van der Waals surface area (Å²) in [4.78, 5) is 14.0. The SMILES string of the molecule is CN1c2ccccc2C(C(=O)O)c2c(-c3c(F)cccc3F)cccc21.c1ccc2c(c1)Cc1ccccc1N2. The van der Waals surface area contributed by atoms with E-state index >= 15 is 0 Å². The van der Waals surface area contributed by atoms with Crippen molar-refractivity contribution in [1.29, 1.82) is 0 Å². The molecule has 0 amide bonds. The number of benzene rings is 5. The highest BCUT2D eigenvalue weighted by Crippen LogP contribution is 2.49. The minimum atomic E-state index is -1.06. The average Bonchev–Trinajstić information content (AvgIpc) is 2.96. The van der Waals surface area contributed by atoms with Crippen LogP contribution in [-0.2, 0) is 11.2 Å². The van der Waals surface area contributed by atoms with E-state index in [1.165, 1.54) is 40.7 Å². The summed E-state index contributed by atoms with van der Waals surface area (Å²) in [6, 6.07) is 32.8. The number of nitrogens with zero attached hydrogens (tertiary/aromatic N) is 1. The number of rotatable bonds is 2. The van der Waals surface area contributed by atoms with Crippen LogP contribution in [0.15, 0.2) is 109 Å². The molecule has 1 unspecified atom stereocenters. The van der Waals surface area contributed by atoms with Crippen LogP contribution in [0.1, 0.15) is 28.2 Å². The zero-order valence-corrected chi connectivity index (χ0v) is 21.7. The number of anilines is 4. The van der Waals surface area contributed by atoms with Crippen LogP contribution in [0.3, 0.4) is 0 Å². The first-order valence-electron chi connectivity index (χ1n) is 13.0. The highest BCUT2D eigenvalue weighted by atomic mass is 19.1. The van der Waals surface area contributed by atoms with E-state index < -0.39 is 23.5 Å². The number of carbonyl (C=O) groups is 1. The highest BCUT2D eigenvalue weighted by Gasteiger charge is 2.36. The second-order valence-corrected chi connectivity index (χ2v) is 9.84. The molecule has 2 aliphatic heterocycles. The van der Waals surface area contributed by atoms with Crippen LogP contribution < -0.4 is 10.2 Å². The van der Waals surface area contributed by atoms with Gasteiger partial charge in [-0.25, -0.2) is 8.78 Å². The molecule has 0 saturated heterocycles. The number of aliphatic carboxylic acids is 1. The number of halogens is 2. The van der Waals surface area contributed by atoms with Crippen molar-refractivity contribution >= 4 is 28.7 Å². The lowest BCUT2D eigenvalue weighted by Gasteiger charge is -2.35. The van der Waals surface area contributed by atoms with Gasteiger partial charge in [0.15, 0.2) is 0 Å². The summed E-state index contributed by atoms with van der Waals surface area (Å²) in [6.45, 7) is 0. The van der Waals surface area contributed by atoms with Gasteiger partial charge in [-0.2, -0.15) is 0 Å². The lowest BCUT2D eigenvalue weighted by atomic mass is 9.80. The van der Waals surface area contributed by atoms with Gasteiger partial charge in [0.05, 0.1) is 5.56 Å². The lowest BCUT2D eigenvalue weighted by Crippen LogP contribution is -2.26. The summed E-state index contributed by atoms with van der Waals surface area (Å²) in [5.74, 6) is -3.50. The van der Waals surface area contributed by atoms with E-state index in [1.54, 1.807) is 30.3 Å². The Kier molecular flexibility index (Phi) is 6.52. The maximum Gasteiger partial charge on any atom is 0.315 e. The monoisotopic (exact) mass is 532 g/mol. The fourth-order valence-corrected chi connectivity index (χ4v) is 5.64. The number of para-hydroxylation sites is 3. The molecular weight excluding hydrogens is 506 g/mol. The van der Waals surface area contributed by atoms with Crippen molar-refractivity contribution in [2.75, 3.05) is 17.3 Å². The third kappa shape index (κ3) is 4.37. The van der Waals surface area contributed by atoms with Crippen molar-refractivity contribution in [3.05, 3.63) is 143 Å². The molecule has 198 valence electrons. The van der Waals surface area contributed by atoms with Gasteiger partial charge in [-0.05, 0) is 58.7 Å². The number of nitrogens with one attached hydrogen (secondary N) is 1. The summed E-state index contributed by atoms with van der Waals surface area (Å²) in [5, 5.41) is 13.4. The Morgan fingerprint density at radius 3 is 1.95 bits per heavy atom. The number of hydrogen-bond acceptors (Lipinski definition) is 3. The minimum Gasteiger partial charge on any atom is -0.481 e. The summed E-state index contributed by atoms with van der Waals surface area (Å²) >= 11 is 0. The molecule has 6 heteroatoms. The van der Waals surface area contributed by atoms with Crippen LogP contribution in [0, 0.1) is 11.6 Å². The Balaban J connectivity index is 0.000000173. The summed E-state index contributed by atoms with van der Waals surface area (Å²) in [6.07, 6.45) is 1.04. The van der Waals surface area contributed by atoms with Crippen molar-refractivity contribution in [3.63, 3.8) is 0 Å². The predicted octanol–water partition coefficient (Wildman–Crippen LogP) is 8.26. The van der Waals surface area contributed by atoms with Gasteiger partial charge in [0.25, 0.3) is 0 Å². The molecule has 0 fully saturated rings. The standard InChI is InChI=1S/C21H15F2NO2.C13H11N/c1-24-16-10-3-2-6-12(16)20(21(25)26)19-13(7-4-11-17(19)24)18-14(22)8-5-9-15(18)23;1-3-7-12-10(5-1)9-11-6-2-4-8-13(11)14-12/h2-11,20H,1H3,(H,25,26);1-8,14H,9H2. The largest absolute Gasteiger partial charge is 0.481 e. The quantitative estimate of drug-likeness (QED) is 0.236. The van der Waals surface area contributed by atoms with E-state index in [1.807, 2.05) is 24.1 Å². The van der Waals surface area contributed by atoms with Crippen LogP contribution in [0.2, 0.25) is 0 Å². The predicted molar refractivity (Wildman–Crippen MR) is 155 cm³/mol. The fraction of sp³-hybridized carbons (Fsp3) is 0.0882. The molecule has 0 saturated carbocycles. The lowest BCUT2D eigenvalue weighted by molar-refractivity contribution is -0.137. The Bertz CT molecular complexity index is 1640. The number of carboxylic acids is 1. The molecule has 1 atom stereocenters. The third-order valence-corrected chi connectivity index (χ3v) is 7.51. The Morgan fingerprint density at radius 1 is 0.750 bits per heavy atom. The first kappa shape index (κ1) is 25.3. The maximum absolute atomic E-state index is 14.4. The molecule has 0 bridgehead atoms. The third-order valence-electron chi connectivity index (χ3n) is 7.51. The first-order chi connectivity index (χ1) is 19.4. The van der Waals surface area contributed by atoms with E-state index in [2.05, 4.69) is 53.8 Å². The Hall–Kier alpha value is -4.97. The van der Waals surface area contributed by atoms with Crippen molar-refractivity contribution < 1.29 is 18.7 Å². The fourth-order valence-electron chi connectivity index (χ4n) is 5.64. The summed E-state index contributed by atoms with van der Waals surface area (Å²) in [5.41, 5.74) is 7.67. The van der Waals surface area contributed by atoms with Gasteiger partial charge in [0, 0.05) is 41.8 Å². The highest BCUT2D eigenvalue weighted by molar-refractivity contribution is 5.94.